The maximum Gasteiger partial charge on any atom is 0.306 e. The predicted molar refractivity (Wildman–Crippen MR) is 236 cm³/mol. The Bertz CT molecular complexity index is 999. The van der Waals surface area contributed by atoms with Gasteiger partial charge in [0.25, 0.3) is 0 Å². The second-order valence-corrected chi connectivity index (χ2v) is 15.5. The minimum Gasteiger partial charge on any atom is -0.462 e. The third-order valence-electron chi connectivity index (χ3n) is 10.2. The monoisotopic (exact) mass is 770 g/mol. The molecular weight excluding hydrogens is 683 g/mol. The van der Waals surface area contributed by atoms with E-state index in [-0.39, 0.29) is 24.9 Å². The highest BCUT2D eigenvalue weighted by molar-refractivity contribution is 5.77. The van der Waals surface area contributed by atoms with Crippen molar-refractivity contribution in [3.63, 3.8) is 0 Å². The van der Waals surface area contributed by atoms with Crippen molar-refractivity contribution in [3.8, 4) is 0 Å². The van der Waals surface area contributed by atoms with Gasteiger partial charge in [-0.05, 0) is 70.6 Å². The van der Waals surface area contributed by atoms with Crippen LogP contribution in [0.4, 0.5) is 0 Å². The van der Waals surface area contributed by atoms with Crippen molar-refractivity contribution in [3.05, 3.63) is 60.8 Å². The van der Waals surface area contributed by atoms with E-state index in [9.17, 15) is 19.8 Å². The molecule has 6 heteroatoms. The topological polar surface area (TPSA) is 95.9 Å². The van der Waals surface area contributed by atoms with E-state index in [0.717, 1.165) is 77.0 Å². The molecule has 0 bridgehead atoms. The van der Waals surface area contributed by atoms with Gasteiger partial charge in [-0.1, -0.05) is 191 Å². The number of aliphatic hydroxyl groups is 2. The van der Waals surface area contributed by atoms with Crippen molar-refractivity contribution >= 4 is 11.9 Å². The first-order chi connectivity index (χ1) is 27.0. The van der Waals surface area contributed by atoms with E-state index in [0.29, 0.717) is 19.3 Å². The second-order valence-electron chi connectivity index (χ2n) is 15.5. The summed E-state index contributed by atoms with van der Waals surface area (Å²) in [6.45, 7) is 6.28. The molecule has 0 aliphatic carbocycles. The summed E-state index contributed by atoms with van der Waals surface area (Å²) in [6, 6.07) is -0.715. The number of amides is 1. The van der Waals surface area contributed by atoms with Crippen LogP contribution in [0.15, 0.2) is 60.8 Å². The van der Waals surface area contributed by atoms with E-state index < -0.39 is 18.2 Å². The molecule has 0 aromatic heterocycles. The van der Waals surface area contributed by atoms with Crippen LogP contribution in [0.2, 0.25) is 0 Å². The number of carbonyl (C=O) groups excluding carboxylic acids is 2. The number of aliphatic hydroxyl groups excluding tert-OH is 2. The van der Waals surface area contributed by atoms with E-state index in [2.05, 4.69) is 62.5 Å². The van der Waals surface area contributed by atoms with Gasteiger partial charge in [-0.15, -0.1) is 0 Å². The fourth-order valence-corrected chi connectivity index (χ4v) is 6.67. The predicted octanol–water partition coefficient (Wildman–Crippen LogP) is 13.3. The Labute approximate surface area is 339 Å². The van der Waals surface area contributed by atoms with Crippen LogP contribution in [0.3, 0.4) is 0 Å². The highest BCUT2D eigenvalue weighted by Crippen LogP contribution is 2.17. The molecule has 55 heavy (non-hydrogen) atoms. The molecular formula is C49H87NO5. The minimum atomic E-state index is -0.799. The molecule has 0 saturated carbocycles. The summed E-state index contributed by atoms with van der Waals surface area (Å²) < 4.78 is 5.88. The van der Waals surface area contributed by atoms with Gasteiger partial charge >= 0.3 is 5.97 Å². The smallest absolute Gasteiger partial charge is 0.306 e. The fourth-order valence-electron chi connectivity index (χ4n) is 6.67. The summed E-state index contributed by atoms with van der Waals surface area (Å²) in [7, 11) is 0. The van der Waals surface area contributed by atoms with Gasteiger partial charge in [0.2, 0.25) is 5.91 Å². The number of unbranched alkanes of at least 4 members (excludes halogenated alkanes) is 21. The lowest BCUT2D eigenvalue weighted by atomic mass is 10.0. The Kier molecular flexibility index (Phi) is 40.8. The van der Waals surface area contributed by atoms with E-state index in [4.69, 9.17) is 4.74 Å². The van der Waals surface area contributed by atoms with E-state index in [1.54, 1.807) is 0 Å². The van der Waals surface area contributed by atoms with Crippen LogP contribution in [0.1, 0.15) is 213 Å². The summed E-state index contributed by atoms with van der Waals surface area (Å²) in [6.07, 6.45) is 51.3. The number of esters is 1. The molecule has 1 amide bonds. The molecule has 0 aromatic carbocycles. The largest absolute Gasteiger partial charge is 0.462 e. The zero-order valence-electron chi connectivity index (χ0n) is 36.0. The van der Waals surface area contributed by atoms with Gasteiger partial charge in [0.15, 0.2) is 0 Å². The van der Waals surface area contributed by atoms with Crippen molar-refractivity contribution in [2.75, 3.05) is 6.61 Å². The average Bonchev–Trinajstić information content (AvgIpc) is 3.18. The Hall–Kier alpha value is -2.44. The highest BCUT2D eigenvalue weighted by Gasteiger charge is 2.24. The Morgan fingerprint density at radius 1 is 0.545 bits per heavy atom. The van der Waals surface area contributed by atoms with Gasteiger partial charge in [0.05, 0.1) is 25.2 Å². The molecule has 0 heterocycles. The molecule has 6 nitrogen and oxygen atoms in total. The van der Waals surface area contributed by atoms with Gasteiger partial charge in [0, 0.05) is 6.42 Å². The van der Waals surface area contributed by atoms with E-state index in [1.165, 1.54) is 89.9 Å². The number of nitrogens with one attached hydrogen (secondary N) is 1. The van der Waals surface area contributed by atoms with Gasteiger partial charge in [-0.25, -0.2) is 0 Å². The number of carbonyl (C=O) groups is 2. The zero-order valence-corrected chi connectivity index (χ0v) is 36.0. The van der Waals surface area contributed by atoms with Crippen molar-refractivity contribution in [2.24, 2.45) is 0 Å². The Morgan fingerprint density at radius 2 is 1.00 bits per heavy atom. The molecule has 0 fully saturated rings. The van der Waals surface area contributed by atoms with Crippen molar-refractivity contribution in [1.29, 1.82) is 0 Å². The number of hydrogen-bond donors (Lipinski definition) is 3. The normalized spacial score (nSPS) is 13.9. The molecule has 3 unspecified atom stereocenters. The van der Waals surface area contributed by atoms with Crippen LogP contribution in [-0.4, -0.2) is 46.9 Å². The second kappa shape index (κ2) is 42.7. The maximum absolute atomic E-state index is 13.1. The van der Waals surface area contributed by atoms with Gasteiger partial charge in [0.1, 0.15) is 6.10 Å². The molecule has 0 aliphatic rings. The lowest BCUT2D eigenvalue weighted by molar-refractivity contribution is -0.151. The highest BCUT2D eigenvalue weighted by atomic mass is 16.5. The molecule has 3 atom stereocenters. The van der Waals surface area contributed by atoms with Crippen molar-refractivity contribution in [2.45, 2.75) is 232 Å². The SMILES string of the molecule is CC/C=C/C=C/C=C/C=C\CCCCCC(CC(=O)NC(CO)C(O)CCCCCCCCCCCCC)OC(=O)CCCCCCC/C=C\CCCCC. The number of ether oxygens (including phenoxy) is 1. The lowest BCUT2D eigenvalue weighted by Crippen LogP contribution is -2.46. The quantitative estimate of drug-likeness (QED) is 0.0250. The van der Waals surface area contributed by atoms with Crippen molar-refractivity contribution < 1.29 is 24.5 Å². The van der Waals surface area contributed by atoms with E-state index in [1.807, 2.05) is 24.3 Å². The minimum absolute atomic E-state index is 0.0467. The number of allylic oxidation sites excluding steroid dienone is 10. The van der Waals surface area contributed by atoms with Gasteiger partial charge in [-0.2, -0.15) is 0 Å². The van der Waals surface area contributed by atoms with Gasteiger partial charge in [-0.3, -0.25) is 9.59 Å². The van der Waals surface area contributed by atoms with E-state index >= 15 is 0 Å². The molecule has 318 valence electrons. The van der Waals surface area contributed by atoms with Crippen LogP contribution in [0.25, 0.3) is 0 Å². The number of hydrogen-bond acceptors (Lipinski definition) is 5. The van der Waals surface area contributed by atoms with Crippen LogP contribution in [-0.2, 0) is 14.3 Å². The summed E-state index contributed by atoms with van der Waals surface area (Å²) in [5, 5.41) is 23.6. The first-order valence-corrected chi connectivity index (χ1v) is 23.1. The summed E-state index contributed by atoms with van der Waals surface area (Å²) in [5.41, 5.74) is 0. The lowest BCUT2D eigenvalue weighted by Gasteiger charge is -2.24. The Balaban J connectivity index is 4.69. The molecule has 0 spiro atoms. The average molecular weight is 770 g/mol. The third kappa shape index (κ3) is 38.2. The Morgan fingerprint density at radius 3 is 1.60 bits per heavy atom. The molecule has 0 aromatic rings. The van der Waals surface area contributed by atoms with Crippen LogP contribution in [0.5, 0.6) is 0 Å². The third-order valence-corrected chi connectivity index (χ3v) is 10.2. The maximum atomic E-state index is 13.1. The first-order valence-electron chi connectivity index (χ1n) is 23.1. The van der Waals surface area contributed by atoms with Crippen LogP contribution in [0, 0.1) is 0 Å². The number of rotatable bonds is 40. The van der Waals surface area contributed by atoms with Gasteiger partial charge < -0.3 is 20.3 Å². The summed E-state index contributed by atoms with van der Waals surface area (Å²) in [5.74, 6) is -0.528. The van der Waals surface area contributed by atoms with Crippen molar-refractivity contribution in [1.82, 2.24) is 5.32 Å². The summed E-state index contributed by atoms with van der Waals surface area (Å²) in [4.78, 5) is 26.0. The molecule has 0 aliphatic heterocycles. The zero-order chi connectivity index (χ0) is 40.3. The molecule has 0 radical (unpaired) electrons. The molecule has 0 saturated heterocycles. The summed E-state index contributed by atoms with van der Waals surface area (Å²) >= 11 is 0. The fraction of sp³-hybridized carbons (Fsp3) is 0.755. The molecule has 3 N–H and O–H groups in total. The molecule has 0 rings (SSSR count). The first kappa shape index (κ1) is 52.6. The van der Waals surface area contributed by atoms with Crippen LogP contribution >= 0.6 is 0 Å². The standard InChI is InChI=1S/C49H87NO5/c1-4-7-10-13-16-19-22-24-26-28-31-34-37-40-45(55-49(54)42-39-36-33-30-27-23-20-17-14-11-8-5-2)43-48(53)50-46(44-51)47(52)41-38-35-32-29-25-21-18-15-12-9-6-3/h7,10,13,16-17,19-20,22,24,26,45-47,51-52H,4-6,8-9,11-12,14-15,18,21,23,25,27-44H2,1-3H3,(H,50,53)/b10-7+,16-13+,20-17-,22-19+,26-24-. The van der Waals surface area contributed by atoms with Crippen LogP contribution < -0.4 is 5.32 Å².